The first-order chi connectivity index (χ1) is 15.1. The van der Waals surface area contributed by atoms with E-state index in [4.69, 9.17) is 10.00 Å². The van der Waals surface area contributed by atoms with E-state index in [9.17, 15) is 9.59 Å². The van der Waals surface area contributed by atoms with Crippen molar-refractivity contribution in [2.24, 2.45) is 5.92 Å². The first-order valence-corrected chi connectivity index (χ1v) is 11.0. The summed E-state index contributed by atoms with van der Waals surface area (Å²) in [7, 11) is 0. The molecule has 0 aliphatic carbocycles. The van der Waals surface area contributed by atoms with E-state index in [1.807, 2.05) is 16.7 Å². The maximum absolute atomic E-state index is 13.2. The third-order valence-corrected chi connectivity index (χ3v) is 6.86. The van der Waals surface area contributed by atoms with Gasteiger partial charge in [-0.3, -0.25) is 14.5 Å². The number of pyridine rings is 1. The lowest BCUT2D eigenvalue weighted by Crippen LogP contribution is -2.51. The first-order valence-electron chi connectivity index (χ1n) is 11.0. The molecule has 7 nitrogen and oxygen atoms in total. The maximum atomic E-state index is 13.2. The zero-order valence-electron chi connectivity index (χ0n) is 17.4. The number of aromatic nitrogens is 1. The molecule has 1 aromatic carbocycles. The predicted molar refractivity (Wildman–Crippen MR) is 116 cm³/mol. The Kier molecular flexibility index (Phi) is 5.34. The molecule has 1 aromatic heterocycles. The summed E-state index contributed by atoms with van der Waals surface area (Å²) in [5, 5.41) is 11.7. The second-order valence-corrected chi connectivity index (χ2v) is 8.83. The number of nitrogens with one attached hydrogen (secondary N) is 1. The number of hydrogen-bond acceptors (Lipinski definition) is 5. The molecule has 31 heavy (non-hydrogen) atoms. The van der Waals surface area contributed by atoms with Crippen molar-refractivity contribution in [3.05, 3.63) is 63.6 Å². The summed E-state index contributed by atoms with van der Waals surface area (Å²) in [6, 6.07) is 12.8. The monoisotopic (exact) mass is 418 g/mol. The van der Waals surface area contributed by atoms with E-state index >= 15 is 0 Å². The number of amides is 1. The zero-order chi connectivity index (χ0) is 21.4. The van der Waals surface area contributed by atoms with Gasteiger partial charge in [-0.25, -0.2) is 0 Å². The summed E-state index contributed by atoms with van der Waals surface area (Å²) in [6.45, 7) is 4.39. The van der Waals surface area contributed by atoms with Crippen LogP contribution in [0.4, 0.5) is 5.69 Å². The molecule has 0 radical (unpaired) electrons. The summed E-state index contributed by atoms with van der Waals surface area (Å²) in [6.07, 6.45) is 3.30. The topological polar surface area (TPSA) is 87.4 Å². The fourth-order valence-corrected chi connectivity index (χ4v) is 5.32. The molecule has 1 N–H and O–H groups in total. The summed E-state index contributed by atoms with van der Waals surface area (Å²) >= 11 is 0. The Hall–Kier alpha value is -2.95. The molecule has 2 bridgehead atoms. The number of benzene rings is 1. The highest BCUT2D eigenvalue weighted by Gasteiger charge is 2.37. The van der Waals surface area contributed by atoms with Crippen LogP contribution < -0.4 is 10.9 Å². The van der Waals surface area contributed by atoms with Crippen molar-refractivity contribution in [1.82, 2.24) is 9.47 Å². The lowest BCUT2D eigenvalue weighted by molar-refractivity contribution is 0.00589. The van der Waals surface area contributed by atoms with Gasteiger partial charge in [-0.1, -0.05) is 0 Å². The van der Waals surface area contributed by atoms with Crippen LogP contribution >= 0.6 is 0 Å². The van der Waals surface area contributed by atoms with E-state index in [0.29, 0.717) is 41.2 Å². The minimum absolute atomic E-state index is 0.131. The van der Waals surface area contributed by atoms with E-state index in [1.165, 1.54) is 0 Å². The van der Waals surface area contributed by atoms with Crippen molar-refractivity contribution in [1.29, 1.82) is 5.26 Å². The molecule has 2 unspecified atom stereocenters. The molecule has 3 aliphatic heterocycles. The van der Waals surface area contributed by atoms with Gasteiger partial charge in [0.2, 0.25) is 0 Å². The molecule has 2 atom stereocenters. The SMILES string of the molecule is N#Cc1ccc(C(=O)Nc2ccc3n(c2=O)CC2CC3CN(C3CCOCC3)C2)cc1. The number of carbonyl (C=O) groups excluding carboxylic acids is 1. The quantitative estimate of drug-likeness (QED) is 0.828. The molecule has 7 heteroatoms. The number of hydrogen-bond donors (Lipinski definition) is 1. The van der Waals surface area contributed by atoms with Crippen molar-refractivity contribution in [2.75, 3.05) is 31.6 Å². The molecule has 5 rings (SSSR count). The number of ether oxygens (including phenoxy) is 1. The summed E-state index contributed by atoms with van der Waals surface area (Å²) in [4.78, 5) is 28.4. The van der Waals surface area contributed by atoms with Gasteiger partial charge in [-0.15, -0.1) is 0 Å². The Labute approximate surface area is 181 Å². The molecule has 2 aromatic rings. The van der Waals surface area contributed by atoms with Crippen molar-refractivity contribution in [2.45, 2.75) is 37.8 Å². The smallest absolute Gasteiger partial charge is 0.274 e. The van der Waals surface area contributed by atoms with E-state index < -0.39 is 0 Å². The second kappa shape index (κ2) is 8.29. The normalized spacial score (nSPS) is 23.6. The molecule has 0 saturated carbocycles. The predicted octanol–water partition coefficient (Wildman–Crippen LogP) is 2.57. The van der Waals surface area contributed by atoms with Gasteiger partial charge in [-0.2, -0.15) is 5.26 Å². The molecule has 3 aliphatic rings. The Morgan fingerprint density at radius 3 is 2.58 bits per heavy atom. The molecular formula is C24H26N4O3. The minimum atomic E-state index is -0.344. The van der Waals surface area contributed by atoms with Crippen molar-refractivity contribution in [3.63, 3.8) is 0 Å². The third kappa shape index (κ3) is 3.89. The van der Waals surface area contributed by atoms with Crippen molar-refractivity contribution in [3.8, 4) is 6.07 Å². The van der Waals surface area contributed by atoms with E-state index in [2.05, 4.69) is 10.2 Å². The lowest BCUT2D eigenvalue weighted by Gasteiger charge is -2.46. The maximum Gasteiger partial charge on any atom is 0.274 e. The van der Waals surface area contributed by atoms with Gasteiger partial charge in [0.15, 0.2) is 0 Å². The van der Waals surface area contributed by atoms with Crippen LogP contribution in [0.5, 0.6) is 0 Å². The fourth-order valence-electron chi connectivity index (χ4n) is 5.32. The van der Waals surface area contributed by atoms with Crippen LogP contribution in [-0.4, -0.2) is 47.7 Å². The van der Waals surface area contributed by atoms with Crippen LogP contribution in [0.3, 0.4) is 0 Å². The van der Waals surface area contributed by atoms with Gasteiger partial charge in [0.05, 0.1) is 11.6 Å². The van der Waals surface area contributed by atoms with E-state index in [-0.39, 0.29) is 11.5 Å². The highest BCUT2D eigenvalue weighted by molar-refractivity contribution is 6.04. The van der Waals surface area contributed by atoms with Gasteiger partial charge in [-0.05, 0) is 61.6 Å². The highest BCUT2D eigenvalue weighted by Crippen LogP contribution is 2.37. The number of nitriles is 1. The van der Waals surface area contributed by atoms with E-state index in [1.54, 1.807) is 30.3 Å². The Morgan fingerprint density at radius 2 is 1.84 bits per heavy atom. The number of carbonyl (C=O) groups is 1. The number of anilines is 1. The van der Waals surface area contributed by atoms with Gasteiger partial charge < -0.3 is 14.6 Å². The number of likely N-dealkylation sites (tertiary alicyclic amines) is 1. The van der Waals surface area contributed by atoms with Crippen LogP contribution in [-0.2, 0) is 11.3 Å². The number of nitrogens with zero attached hydrogens (tertiary/aromatic N) is 3. The van der Waals surface area contributed by atoms with Gasteiger partial charge in [0, 0.05) is 56.1 Å². The molecule has 4 heterocycles. The second-order valence-electron chi connectivity index (χ2n) is 8.83. The van der Waals surface area contributed by atoms with Crippen molar-refractivity contribution < 1.29 is 9.53 Å². The molecular weight excluding hydrogens is 392 g/mol. The lowest BCUT2D eigenvalue weighted by atomic mass is 9.82. The summed E-state index contributed by atoms with van der Waals surface area (Å²) in [5.41, 5.74) is 2.17. The minimum Gasteiger partial charge on any atom is -0.381 e. The standard InChI is InChI=1S/C24H26N4O3/c25-12-16-1-3-18(4-2-16)23(29)26-21-5-6-22-19-11-17(14-28(22)24(21)30)13-27(15-19)20-7-9-31-10-8-20/h1-6,17,19-20H,7-11,13-15H2,(H,26,29). The molecule has 2 fully saturated rings. The Bertz CT molecular complexity index is 1080. The fraction of sp³-hybridized carbons (Fsp3) is 0.458. The Morgan fingerprint density at radius 1 is 1.06 bits per heavy atom. The van der Waals surface area contributed by atoms with Gasteiger partial charge in [0.25, 0.3) is 11.5 Å². The van der Waals surface area contributed by atoms with Crippen LogP contribution in [0.1, 0.15) is 46.8 Å². The average Bonchev–Trinajstić information content (AvgIpc) is 2.81. The molecule has 160 valence electrons. The van der Waals surface area contributed by atoms with Gasteiger partial charge in [0.1, 0.15) is 5.69 Å². The van der Waals surface area contributed by atoms with Crippen LogP contribution in [0.15, 0.2) is 41.2 Å². The summed E-state index contributed by atoms with van der Waals surface area (Å²) < 4.78 is 7.39. The number of rotatable bonds is 3. The first kappa shape index (κ1) is 20.0. The van der Waals surface area contributed by atoms with Crippen LogP contribution in [0.2, 0.25) is 0 Å². The van der Waals surface area contributed by atoms with Crippen molar-refractivity contribution >= 4 is 11.6 Å². The number of fused-ring (bicyclic) bond motifs is 4. The largest absolute Gasteiger partial charge is 0.381 e. The van der Waals surface area contributed by atoms with E-state index in [0.717, 1.165) is 51.3 Å². The summed E-state index contributed by atoms with van der Waals surface area (Å²) in [5.74, 6) is 0.464. The highest BCUT2D eigenvalue weighted by atomic mass is 16.5. The van der Waals surface area contributed by atoms with Crippen LogP contribution in [0, 0.1) is 17.2 Å². The molecule has 1 amide bonds. The third-order valence-electron chi connectivity index (χ3n) is 6.86. The molecule has 2 saturated heterocycles. The molecule has 0 spiro atoms. The number of piperidine rings is 1. The van der Waals surface area contributed by atoms with Crippen LogP contribution in [0.25, 0.3) is 0 Å². The zero-order valence-corrected chi connectivity index (χ0v) is 17.4. The average molecular weight is 418 g/mol. The Balaban J connectivity index is 1.35. The van der Waals surface area contributed by atoms with Gasteiger partial charge >= 0.3 is 0 Å².